The minimum Gasteiger partial charge on any atom is -0.373 e. The maximum atomic E-state index is 4.82. The van der Waals surface area contributed by atoms with Gasteiger partial charge in [-0.1, -0.05) is 13.8 Å². The molecule has 1 aromatic rings. The molecule has 19 heavy (non-hydrogen) atoms. The first-order valence-electron chi connectivity index (χ1n) is 7.24. The average Bonchev–Trinajstić information content (AvgIpc) is 3.21. The molecule has 1 heterocycles. The van der Waals surface area contributed by atoms with Crippen LogP contribution in [0.1, 0.15) is 50.9 Å². The fourth-order valence-electron chi connectivity index (χ4n) is 2.27. The largest absolute Gasteiger partial charge is 0.373 e. The quantitative estimate of drug-likeness (QED) is 0.885. The summed E-state index contributed by atoms with van der Waals surface area (Å²) in [5, 5.41) is 3.20. The summed E-state index contributed by atoms with van der Waals surface area (Å²) in [5.41, 5.74) is 1.14. The molecule has 2 rings (SSSR count). The number of nitrogens with zero attached hydrogens (tertiary/aromatic N) is 3. The van der Waals surface area contributed by atoms with E-state index < -0.39 is 0 Å². The summed E-state index contributed by atoms with van der Waals surface area (Å²) in [6, 6.07) is 0.463. The molecule has 1 aliphatic rings. The number of anilines is 2. The zero-order chi connectivity index (χ0) is 14.2. The number of nitrogens with one attached hydrogen (secondary N) is 1. The van der Waals surface area contributed by atoms with Crippen LogP contribution in [-0.2, 0) is 0 Å². The lowest BCUT2D eigenvalue weighted by atomic mass is 10.0. The predicted octanol–water partition coefficient (Wildman–Crippen LogP) is 3.18. The standard InChI is InChI=1S/C15H26N4/c1-9(2)11(4)19(6)15-10(3)13(16-5)17-14(18-15)12-7-8-12/h9,11-12H,7-8H2,1-6H3,(H,16,17,18). The molecule has 0 amide bonds. The van der Waals surface area contributed by atoms with Crippen molar-refractivity contribution >= 4 is 11.6 Å². The molecule has 0 saturated heterocycles. The van der Waals surface area contributed by atoms with Crippen LogP contribution in [-0.4, -0.2) is 30.1 Å². The molecule has 1 aromatic heterocycles. The van der Waals surface area contributed by atoms with Gasteiger partial charge >= 0.3 is 0 Å². The summed E-state index contributed by atoms with van der Waals surface area (Å²) in [7, 11) is 4.07. The molecule has 1 saturated carbocycles. The van der Waals surface area contributed by atoms with Crippen molar-refractivity contribution in [1.82, 2.24) is 9.97 Å². The Hall–Kier alpha value is -1.32. The number of hydrogen-bond acceptors (Lipinski definition) is 4. The van der Waals surface area contributed by atoms with Crippen LogP contribution in [0.3, 0.4) is 0 Å². The molecular formula is C15H26N4. The maximum absolute atomic E-state index is 4.82. The molecule has 0 bridgehead atoms. The van der Waals surface area contributed by atoms with Gasteiger partial charge < -0.3 is 10.2 Å². The van der Waals surface area contributed by atoms with E-state index >= 15 is 0 Å². The van der Waals surface area contributed by atoms with Crippen LogP contribution in [0.2, 0.25) is 0 Å². The summed E-state index contributed by atoms with van der Waals surface area (Å²) in [5.74, 6) is 4.22. The minimum absolute atomic E-state index is 0.463. The second-order valence-corrected chi connectivity index (χ2v) is 6.00. The molecule has 1 unspecified atom stereocenters. The second kappa shape index (κ2) is 5.35. The van der Waals surface area contributed by atoms with Gasteiger partial charge in [-0.15, -0.1) is 0 Å². The summed E-state index contributed by atoms with van der Waals surface area (Å²) < 4.78 is 0. The van der Waals surface area contributed by atoms with Gasteiger partial charge in [0.15, 0.2) is 0 Å². The Morgan fingerprint density at radius 1 is 1.21 bits per heavy atom. The van der Waals surface area contributed by atoms with Crippen molar-refractivity contribution in [1.29, 1.82) is 0 Å². The van der Waals surface area contributed by atoms with Crippen LogP contribution < -0.4 is 10.2 Å². The third-order valence-corrected chi connectivity index (χ3v) is 4.23. The zero-order valence-corrected chi connectivity index (χ0v) is 13.0. The molecule has 1 atom stereocenters. The molecule has 1 N–H and O–H groups in total. The van der Waals surface area contributed by atoms with Gasteiger partial charge in [-0.25, -0.2) is 9.97 Å². The fourth-order valence-corrected chi connectivity index (χ4v) is 2.27. The van der Waals surface area contributed by atoms with Crippen molar-refractivity contribution in [3.05, 3.63) is 11.4 Å². The average molecular weight is 262 g/mol. The molecule has 0 radical (unpaired) electrons. The van der Waals surface area contributed by atoms with Crippen molar-refractivity contribution < 1.29 is 0 Å². The highest BCUT2D eigenvalue weighted by Crippen LogP contribution is 2.40. The van der Waals surface area contributed by atoms with Crippen molar-refractivity contribution in [3.8, 4) is 0 Å². The summed E-state index contributed by atoms with van der Waals surface area (Å²) in [4.78, 5) is 11.8. The van der Waals surface area contributed by atoms with E-state index in [2.05, 4.69) is 49.9 Å². The minimum atomic E-state index is 0.463. The smallest absolute Gasteiger partial charge is 0.137 e. The second-order valence-electron chi connectivity index (χ2n) is 6.00. The van der Waals surface area contributed by atoms with Gasteiger partial charge in [0, 0.05) is 31.6 Å². The molecule has 0 aromatic carbocycles. The highest BCUT2D eigenvalue weighted by Gasteiger charge is 2.29. The Labute approximate surface area is 116 Å². The molecule has 1 fully saturated rings. The van der Waals surface area contributed by atoms with Crippen LogP contribution in [0, 0.1) is 12.8 Å². The van der Waals surface area contributed by atoms with Crippen LogP contribution in [0.5, 0.6) is 0 Å². The first-order chi connectivity index (χ1) is 8.95. The van der Waals surface area contributed by atoms with E-state index in [1.54, 1.807) is 0 Å². The lowest BCUT2D eigenvalue weighted by molar-refractivity contribution is 0.501. The van der Waals surface area contributed by atoms with E-state index in [9.17, 15) is 0 Å². The van der Waals surface area contributed by atoms with E-state index in [0.29, 0.717) is 17.9 Å². The van der Waals surface area contributed by atoms with Crippen LogP contribution in [0.4, 0.5) is 11.6 Å². The normalized spacial score (nSPS) is 16.6. The highest BCUT2D eigenvalue weighted by molar-refractivity contribution is 5.59. The predicted molar refractivity (Wildman–Crippen MR) is 81.0 cm³/mol. The lowest BCUT2D eigenvalue weighted by Gasteiger charge is -2.30. The SMILES string of the molecule is CNc1nc(C2CC2)nc(N(C)C(C)C(C)C)c1C. The van der Waals surface area contributed by atoms with Crippen LogP contribution in [0.15, 0.2) is 0 Å². The topological polar surface area (TPSA) is 41.1 Å². The highest BCUT2D eigenvalue weighted by atomic mass is 15.2. The number of rotatable bonds is 5. The molecule has 106 valence electrons. The Balaban J connectivity index is 2.39. The van der Waals surface area contributed by atoms with Crippen molar-refractivity contribution in [2.24, 2.45) is 5.92 Å². The fraction of sp³-hybridized carbons (Fsp3) is 0.733. The third kappa shape index (κ3) is 2.82. The van der Waals surface area contributed by atoms with Gasteiger partial charge in [0.25, 0.3) is 0 Å². The van der Waals surface area contributed by atoms with E-state index in [-0.39, 0.29) is 0 Å². The van der Waals surface area contributed by atoms with E-state index in [1.807, 2.05) is 7.05 Å². The Morgan fingerprint density at radius 3 is 2.32 bits per heavy atom. The third-order valence-electron chi connectivity index (χ3n) is 4.23. The first-order valence-corrected chi connectivity index (χ1v) is 7.24. The van der Waals surface area contributed by atoms with E-state index in [1.165, 1.54) is 12.8 Å². The summed E-state index contributed by atoms with van der Waals surface area (Å²) in [6.07, 6.45) is 2.46. The van der Waals surface area contributed by atoms with Crippen molar-refractivity contribution in [2.75, 3.05) is 24.3 Å². The van der Waals surface area contributed by atoms with Gasteiger partial charge in [0.05, 0.1) is 0 Å². The van der Waals surface area contributed by atoms with Gasteiger partial charge in [0.1, 0.15) is 17.5 Å². The number of aromatic nitrogens is 2. The maximum Gasteiger partial charge on any atom is 0.137 e. The number of hydrogen-bond donors (Lipinski definition) is 1. The summed E-state index contributed by atoms with van der Waals surface area (Å²) >= 11 is 0. The van der Waals surface area contributed by atoms with Crippen molar-refractivity contribution in [3.63, 3.8) is 0 Å². The molecule has 4 heteroatoms. The van der Waals surface area contributed by atoms with E-state index in [0.717, 1.165) is 23.0 Å². The van der Waals surface area contributed by atoms with Crippen LogP contribution in [0.25, 0.3) is 0 Å². The van der Waals surface area contributed by atoms with Gasteiger partial charge in [0.2, 0.25) is 0 Å². The van der Waals surface area contributed by atoms with Gasteiger partial charge in [-0.05, 0) is 32.6 Å². The molecule has 1 aliphatic carbocycles. The lowest BCUT2D eigenvalue weighted by Crippen LogP contribution is -2.34. The zero-order valence-electron chi connectivity index (χ0n) is 13.0. The van der Waals surface area contributed by atoms with E-state index in [4.69, 9.17) is 4.98 Å². The molecule has 0 spiro atoms. The Bertz CT molecular complexity index is 452. The summed E-state index contributed by atoms with van der Waals surface area (Å²) in [6.45, 7) is 8.85. The van der Waals surface area contributed by atoms with Crippen LogP contribution >= 0.6 is 0 Å². The Morgan fingerprint density at radius 2 is 1.84 bits per heavy atom. The van der Waals surface area contributed by atoms with Gasteiger partial charge in [-0.3, -0.25) is 0 Å². The molecular weight excluding hydrogens is 236 g/mol. The molecule has 4 nitrogen and oxygen atoms in total. The van der Waals surface area contributed by atoms with Gasteiger partial charge in [-0.2, -0.15) is 0 Å². The van der Waals surface area contributed by atoms with Crippen molar-refractivity contribution in [2.45, 2.75) is 52.5 Å². The first kappa shape index (κ1) is 14.1. The monoisotopic (exact) mass is 262 g/mol. The molecule has 0 aliphatic heterocycles. The Kier molecular flexibility index (Phi) is 3.97.